The highest BCUT2D eigenvalue weighted by molar-refractivity contribution is 5.64. The summed E-state index contributed by atoms with van der Waals surface area (Å²) < 4.78 is 0. The van der Waals surface area contributed by atoms with E-state index in [1.54, 1.807) is 6.92 Å². The molecule has 0 aliphatic heterocycles. The number of hydrogen-bond acceptors (Lipinski definition) is 1. The third-order valence-corrected chi connectivity index (χ3v) is 0.969. The van der Waals surface area contributed by atoms with Crippen LogP contribution in [0, 0.1) is 23.7 Å². The Morgan fingerprint density at radius 2 is 2.07 bits per heavy atom. The molecule has 0 unspecified atom stereocenters. The molecule has 0 heterocycles. The molecule has 0 saturated carbocycles. The van der Waals surface area contributed by atoms with Crippen molar-refractivity contribution in [3.63, 3.8) is 0 Å². The molecular weight excluding hydrogens is 184 g/mol. The van der Waals surface area contributed by atoms with Crippen molar-refractivity contribution in [2.75, 3.05) is 0 Å². The summed E-state index contributed by atoms with van der Waals surface area (Å²) in [5.74, 6) is 10.5. The monoisotopic (exact) mass is 192 g/mol. The van der Waals surface area contributed by atoms with Crippen molar-refractivity contribution in [3.05, 3.63) is 35.2 Å². The van der Waals surface area contributed by atoms with Gasteiger partial charge in [-0.15, -0.1) is 0 Å². The number of rotatable bonds is 2. The Morgan fingerprint density at radius 3 is 2.67 bits per heavy atom. The highest BCUT2D eigenvalue weighted by atomic mass is 14.8. The van der Waals surface area contributed by atoms with Gasteiger partial charge in [0.2, 0.25) is 0 Å². The van der Waals surface area contributed by atoms with Gasteiger partial charge >= 0.3 is 0 Å². The molecule has 0 spiro atoms. The van der Waals surface area contributed by atoms with Gasteiger partial charge in [-0.05, 0) is 55.2 Å². The molecule has 2 nitrogen and oxygen atoms in total. The first-order chi connectivity index (χ1) is 7.35. The third kappa shape index (κ3) is 7.67. The fourth-order valence-corrected chi connectivity index (χ4v) is 0.482. The van der Waals surface area contributed by atoms with Crippen LogP contribution in [-0.2, 0) is 0 Å². The van der Waals surface area contributed by atoms with E-state index in [9.17, 15) is 0 Å². The minimum Gasteiger partial charge on any atom is -0.253 e. The standard InChI is InChI=1S/C13H8N2/c1-4-6-8-10-13(15-12-14-3)11-9-7-5-2/h12H,1,3H2,2H3/b15-12-. The van der Waals surface area contributed by atoms with Gasteiger partial charge in [-0.3, -0.25) is 4.99 Å². The molecule has 0 aliphatic rings. The van der Waals surface area contributed by atoms with Gasteiger partial charge < -0.3 is 0 Å². The van der Waals surface area contributed by atoms with Gasteiger partial charge in [0, 0.05) is 0 Å². The van der Waals surface area contributed by atoms with E-state index in [-0.39, 0.29) is 0 Å². The van der Waals surface area contributed by atoms with Crippen molar-refractivity contribution < 1.29 is 0 Å². The number of hydrogen-bond donors (Lipinski definition) is 0. The molecule has 0 aromatic carbocycles. The van der Waals surface area contributed by atoms with Gasteiger partial charge in [0.15, 0.2) is 5.70 Å². The minimum atomic E-state index is 0.341. The Bertz CT molecular complexity index is 531. The second kappa shape index (κ2) is 9.41. The quantitative estimate of drug-likeness (QED) is 0.276. The van der Waals surface area contributed by atoms with E-state index in [0.29, 0.717) is 5.70 Å². The second-order valence-electron chi connectivity index (χ2n) is 1.95. The van der Waals surface area contributed by atoms with Crippen LogP contribution in [0.5, 0.6) is 0 Å². The number of allylic oxidation sites excluding steroid dienone is 1. The maximum atomic E-state index is 3.85. The number of nitrogens with zero attached hydrogens (tertiary/aromatic N) is 2. The zero-order chi connectivity index (χ0) is 11.4. The Morgan fingerprint density at radius 1 is 1.27 bits per heavy atom. The lowest BCUT2D eigenvalue weighted by Gasteiger charge is -1.78. The molecule has 0 N–H and O–H groups in total. The van der Waals surface area contributed by atoms with Crippen molar-refractivity contribution in [2.45, 2.75) is 6.92 Å². The molecule has 0 aromatic heterocycles. The molecule has 0 saturated heterocycles. The average molecular weight is 192 g/mol. The fraction of sp³-hybridized carbons (Fsp3) is 0.0769. The van der Waals surface area contributed by atoms with Crippen molar-refractivity contribution in [1.82, 2.24) is 0 Å². The summed E-state index contributed by atoms with van der Waals surface area (Å²) in [4.78, 5) is 7.29. The van der Waals surface area contributed by atoms with Crippen molar-refractivity contribution >= 4 is 13.1 Å². The maximum absolute atomic E-state index is 3.85. The van der Waals surface area contributed by atoms with Gasteiger partial charge in [-0.2, -0.15) is 0 Å². The van der Waals surface area contributed by atoms with Crippen LogP contribution in [0.3, 0.4) is 0 Å². The molecule has 70 valence electrons. The van der Waals surface area contributed by atoms with Crippen LogP contribution in [0.4, 0.5) is 0 Å². The summed E-state index contributed by atoms with van der Waals surface area (Å²) >= 11 is 0. The zero-order valence-corrected chi connectivity index (χ0v) is 8.39. The highest BCUT2D eigenvalue weighted by Gasteiger charge is 1.80. The summed E-state index contributed by atoms with van der Waals surface area (Å²) in [5, 5.41) is 0. The smallest absolute Gasteiger partial charge is 0.167 e. The van der Waals surface area contributed by atoms with Crippen LogP contribution in [0.2, 0.25) is 0 Å². The molecule has 0 amide bonds. The summed E-state index contributed by atoms with van der Waals surface area (Å²) in [7, 11) is 0. The second-order valence-corrected chi connectivity index (χ2v) is 1.95. The van der Waals surface area contributed by atoms with E-state index in [4.69, 9.17) is 0 Å². The summed E-state index contributed by atoms with van der Waals surface area (Å²) in [6, 6.07) is 0. The summed E-state index contributed by atoms with van der Waals surface area (Å²) in [6.07, 6.45) is 1.26. The largest absolute Gasteiger partial charge is 0.253 e. The third-order valence-electron chi connectivity index (χ3n) is 0.969. The summed E-state index contributed by atoms with van der Waals surface area (Å²) in [5.41, 5.74) is 10.4. The van der Waals surface area contributed by atoms with Crippen LogP contribution >= 0.6 is 0 Å². The van der Waals surface area contributed by atoms with E-state index in [1.165, 1.54) is 6.34 Å². The average Bonchev–Trinajstić information content (AvgIpc) is 2.25. The number of aliphatic imine (C=N–C) groups is 2. The predicted octanol–water partition coefficient (Wildman–Crippen LogP) is 1.88. The Labute approximate surface area is 89.5 Å². The van der Waals surface area contributed by atoms with Gasteiger partial charge in [0.1, 0.15) is 6.34 Å². The van der Waals surface area contributed by atoms with Crippen LogP contribution < -0.4 is 0 Å². The lowest BCUT2D eigenvalue weighted by molar-refractivity contribution is 1.46. The molecule has 0 aromatic rings. The summed E-state index contributed by atoms with van der Waals surface area (Å²) in [6.45, 7) is 8.27. The predicted molar refractivity (Wildman–Crippen MR) is 62.5 cm³/mol. The van der Waals surface area contributed by atoms with E-state index in [1.807, 2.05) is 0 Å². The Hall–Kier alpha value is -2.68. The normalized spacial score (nSPS) is 6.47. The first-order valence-electron chi connectivity index (χ1n) is 3.91. The Kier molecular flexibility index (Phi) is 7.73. The van der Waals surface area contributed by atoms with E-state index in [0.717, 1.165) is 0 Å². The first-order valence-corrected chi connectivity index (χ1v) is 3.91. The van der Waals surface area contributed by atoms with Gasteiger partial charge in [-0.1, -0.05) is 11.7 Å². The van der Waals surface area contributed by atoms with E-state index in [2.05, 4.69) is 69.9 Å². The molecule has 0 rings (SSSR count). The van der Waals surface area contributed by atoms with Crippen molar-refractivity contribution in [1.29, 1.82) is 0 Å². The van der Waals surface area contributed by atoms with Crippen LogP contribution in [-0.4, -0.2) is 13.1 Å². The molecule has 0 aliphatic carbocycles. The van der Waals surface area contributed by atoms with Crippen LogP contribution in [0.25, 0.3) is 0 Å². The molecule has 0 bridgehead atoms. The lowest BCUT2D eigenvalue weighted by Crippen LogP contribution is -1.70. The molecule has 0 atom stereocenters. The van der Waals surface area contributed by atoms with E-state index >= 15 is 0 Å². The fourth-order valence-electron chi connectivity index (χ4n) is 0.482. The topological polar surface area (TPSA) is 24.7 Å². The minimum absolute atomic E-state index is 0.341. The van der Waals surface area contributed by atoms with Gasteiger partial charge in [0.05, 0.1) is 0 Å². The lowest BCUT2D eigenvalue weighted by atomic mass is 10.4. The van der Waals surface area contributed by atoms with Gasteiger partial charge in [0.25, 0.3) is 0 Å². The zero-order valence-electron chi connectivity index (χ0n) is 8.39. The van der Waals surface area contributed by atoms with E-state index < -0.39 is 0 Å². The maximum Gasteiger partial charge on any atom is 0.167 e. The first kappa shape index (κ1) is 12.3. The van der Waals surface area contributed by atoms with Crippen LogP contribution in [0.1, 0.15) is 6.92 Å². The molecule has 0 radical (unpaired) electrons. The molecule has 0 fully saturated rings. The van der Waals surface area contributed by atoms with Gasteiger partial charge in [-0.25, -0.2) is 4.99 Å². The Balaban J connectivity index is 5.34. The SMILES string of the molecule is C=C=C=C=C=C(C#CC#CC)/N=C\N=C. The van der Waals surface area contributed by atoms with Crippen molar-refractivity contribution in [2.24, 2.45) is 9.98 Å². The molecule has 15 heavy (non-hydrogen) atoms. The molecular formula is C13H8N2. The highest BCUT2D eigenvalue weighted by Crippen LogP contribution is 1.89. The molecule has 2 heteroatoms. The van der Waals surface area contributed by atoms with Crippen molar-refractivity contribution in [3.8, 4) is 23.7 Å². The van der Waals surface area contributed by atoms with Crippen LogP contribution in [0.15, 0.2) is 45.2 Å².